The molecule has 1 saturated heterocycles. The summed E-state index contributed by atoms with van der Waals surface area (Å²) in [6, 6.07) is 1.47. The Labute approximate surface area is 144 Å². The van der Waals surface area contributed by atoms with E-state index in [2.05, 4.69) is 14.9 Å². The van der Waals surface area contributed by atoms with Crippen LogP contribution in [0.2, 0.25) is 0 Å². The van der Waals surface area contributed by atoms with Crippen molar-refractivity contribution < 1.29 is 17.9 Å². The summed E-state index contributed by atoms with van der Waals surface area (Å²) in [6.07, 6.45) is 3.42. The Morgan fingerprint density at radius 2 is 2.29 bits per heavy atom. The summed E-state index contributed by atoms with van der Waals surface area (Å²) in [5.41, 5.74) is 2.01. The number of H-pyrrole nitrogens is 1. The Balaban J connectivity index is 1.89. The topological polar surface area (TPSA) is 92.4 Å². The fourth-order valence-electron chi connectivity index (χ4n) is 3.05. The van der Waals surface area contributed by atoms with Gasteiger partial charge < -0.3 is 4.74 Å². The number of esters is 1. The van der Waals surface area contributed by atoms with Crippen LogP contribution in [0.3, 0.4) is 0 Å². The third-order valence-corrected chi connectivity index (χ3v) is 7.21. The van der Waals surface area contributed by atoms with E-state index in [0.717, 1.165) is 35.4 Å². The summed E-state index contributed by atoms with van der Waals surface area (Å²) in [7, 11) is -2.49. The van der Waals surface area contributed by atoms with Gasteiger partial charge in [0.15, 0.2) is 0 Å². The lowest BCUT2D eigenvalue weighted by molar-refractivity contribution is 0.0602. The molecule has 0 bridgehead atoms. The number of sulfonamides is 1. The molecule has 3 heterocycles. The first-order valence-corrected chi connectivity index (χ1v) is 9.93. The number of nitrogens with zero attached hydrogens (tertiary/aromatic N) is 2. The number of aromatic nitrogens is 2. The van der Waals surface area contributed by atoms with Crippen LogP contribution in [-0.4, -0.2) is 49.1 Å². The average Bonchev–Trinajstić information content (AvgIpc) is 3.23. The number of nitrogens with one attached hydrogen (secondary N) is 1. The number of hydrogen-bond acceptors (Lipinski definition) is 6. The predicted molar refractivity (Wildman–Crippen MR) is 89.7 cm³/mol. The second-order valence-corrected chi connectivity index (χ2v) is 8.60. The monoisotopic (exact) mass is 369 g/mol. The molecule has 1 aliphatic heterocycles. The fraction of sp³-hybridized carbons (Fsp3) is 0.467. The molecule has 0 aliphatic carbocycles. The first kappa shape index (κ1) is 17.1. The van der Waals surface area contributed by atoms with E-state index in [9.17, 15) is 13.2 Å². The molecule has 0 saturated carbocycles. The molecular weight excluding hydrogens is 350 g/mol. The number of ether oxygens (including phenoxy) is 1. The molecule has 24 heavy (non-hydrogen) atoms. The molecule has 0 spiro atoms. The Morgan fingerprint density at radius 1 is 1.50 bits per heavy atom. The number of hydrogen-bond donors (Lipinski definition) is 1. The molecule has 0 aromatic carbocycles. The van der Waals surface area contributed by atoms with Crippen molar-refractivity contribution in [2.24, 2.45) is 0 Å². The van der Waals surface area contributed by atoms with Crippen LogP contribution in [0.15, 0.2) is 22.5 Å². The van der Waals surface area contributed by atoms with Crippen LogP contribution in [0.4, 0.5) is 0 Å². The van der Waals surface area contributed by atoms with Crippen LogP contribution >= 0.6 is 11.3 Å². The van der Waals surface area contributed by atoms with Crippen molar-refractivity contribution in [2.45, 2.75) is 30.6 Å². The van der Waals surface area contributed by atoms with Crippen molar-refractivity contribution in [3.05, 3.63) is 33.8 Å². The van der Waals surface area contributed by atoms with Gasteiger partial charge in [0.05, 0.1) is 13.3 Å². The number of carbonyl (C=O) groups is 1. The summed E-state index contributed by atoms with van der Waals surface area (Å²) >= 11 is 1.08. The Kier molecular flexibility index (Phi) is 4.75. The van der Waals surface area contributed by atoms with Crippen molar-refractivity contribution in [3.8, 4) is 0 Å². The Hall–Kier alpha value is -1.71. The van der Waals surface area contributed by atoms with Crippen LogP contribution in [0.1, 0.15) is 39.7 Å². The van der Waals surface area contributed by atoms with Crippen LogP contribution in [-0.2, 0) is 14.8 Å². The highest BCUT2D eigenvalue weighted by Gasteiger charge is 2.35. The Morgan fingerprint density at radius 3 is 2.96 bits per heavy atom. The molecule has 1 atom stereocenters. The molecule has 0 radical (unpaired) electrons. The second kappa shape index (κ2) is 6.66. The minimum atomic E-state index is -3.73. The maximum Gasteiger partial charge on any atom is 0.349 e. The van der Waals surface area contributed by atoms with Gasteiger partial charge >= 0.3 is 5.97 Å². The SMILES string of the molecule is COC(=O)c1sccc1S(=O)(=O)N1CCCC(c2[nH]ncc2C)C1. The number of aryl methyl sites for hydroxylation is 1. The zero-order valence-corrected chi connectivity index (χ0v) is 15.1. The molecule has 3 rings (SSSR count). The molecular formula is C15H19N3O4S2. The van der Waals surface area contributed by atoms with E-state index in [1.165, 1.54) is 17.5 Å². The van der Waals surface area contributed by atoms with E-state index >= 15 is 0 Å². The molecule has 1 N–H and O–H groups in total. The van der Waals surface area contributed by atoms with E-state index in [-0.39, 0.29) is 15.7 Å². The molecule has 130 valence electrons. The van der Waals surface area contributed by atoms with Gasteiger partial charge in [0.2, 0.25) is 10.0 Å². The summed E-state index contributed by atoms with van der Waals surface area (Å²) in [5, 5.41) is 8.60. The van der Waals surface area contributed by atoms with Crippen LogP contribution in [0.5, 0.6) is 0 Å². The molecule has 7 nitrogen and oxygen atoms in total. The lowest BCUT2D eigenvalue weighted by Gasteiger charge is -2.31. The van der Waals surface area contributed by atoms with Crippen molar-refractivity contribution in [1.82, 2.24) is 14.5 Å². The van der Waals surface area contributed by atoms with E-state index in [0.29, 0.717) is 13.1 Å². The quantitative estimate of drug-likeness (QED) is 0.834. The van der Waals surface area contributed by atoms with Gasteiger partial charge in [-0.3, -0.25) is 5.10 Å². The summed E-state index contributed by atoms with van der Waals surface area (Å²) in [4.78, 5) is 12.0. The van der Waals surface area contributed by atoms with E-state index in [1.807, 2.05) is 6.92 Å². The minimum absolute atomic E-state index is 0.0290. The summed E-state index contributed by atoms with van der Waals surface area (Å²) in [6.45, 7) is 2.78. The first-order chi connectivity index (χ1) is 11.4. The number of rotatable bonds is 4. The fourth-order valence-corrected chi connectivity index (χ4v) is 5.88. The minimum Gasteiger partial charge on any atom is -0.465 e. The first-order valence-electron chi connectivity index (χ1n) is 7.61. The lowest BCUT2D eigenvalue weighted by Crippen LogP contribution is -2.39. The molecule has 9 heteroatoms. The van der Waals surface area contributed by atoms with Crippen molar-refractivity contribution in [3.63, 3.8) is 0 Å². The smallest absolute Gasteiger partial charge is 0.349 e. The van der Waals surface area contributed by atoms with Crippen LogP contribution in [0.25, 0.3) is 0 Å². The highest BCUT2D eigenvalue weighted by Crippen LogP contribution is 2.33. The van der Waals surface area contributed by atoms with Gasteiger partial charge in [-0.05, 0) is 36.8 Å². The number of thiophene rings is 1. The molecule has 0 amide bonds. The van der Waals surface area contributed by atoms with Crippen molar-refractivity contribution in [1.29, 1.82) is 0 Å². The summed E-state index contributed by atoms with van der Waals surface area (Å²) in [5.74, 6) is -0.544. The number of aromatic amines is 1. The van der Waals surface area contributed by atoms with E-state index in [1.54, 1.807) is 11.6 Å². The number of carbonyl (C=O) groups excluding carboxylic acids is 1. The molecule has 1 unspecified atom stereocenters. The van der Waals surface area contributed by atoms with Gasteiger partial charge in [-0.15, -0.1) is 11.3 Å². The average molecular weight is 369 g/mol. The number of methoxy groups -OCH3 is 1. The normalized spacial score (nSPS) is 19.3. The van der Waals surface area contributed by atoms with Gasteiger partial charge in [-0.1, -0.05) is 0 Å². The maximum absolute atomic E-state index is 13.0. The predicted octanol–water partition coefficient (Wildman–Crippen LogP) is 2.13. The highest BCUT2D eigenvalue weighted by atomic mass is 32.2. The van der Waals surface area contributed by atoms with Gasteiger partial charge in [-0.25, -0.2) is 13.2 Å². The second-order valence-electron chi connectivity index (χ2n) is 5.77. The zero-order chi connectivity index (χ0) is 17.3. The van der Waals surface area contributed by atoms with Gasteiger partial charge in [-0.2, -0.15) is 9.40 Å². The third kappa shape index (κ3) is 2.99. The molecule has 1 fully saturated rings. The van der Waals surface area contributed by atoms with Gasteiger partial charge in [0.25, 0.3) is 0 Å². The highest BCUT2D eigenvalue weighted by molar-refractivity contribution is 7.89. The molecule has 2 aromatic heterocycles. The van der Waals surface area contributed by atoms with E-state index in [4.69, 9.17) is 0 Å². The van der Waals surface area contributed by atoms with E-state index < -0.39 is 16.0 Å². The van der Waals surface area contributed by atoms with Crippen LogP contribution in [0, 0.1) is 6.92 Å². The largest absolute Gasteiger partial charge is 0.465 e. The number of piperidine rings is 1. The maximum atomic E-state index is 13.0. The van der Waals surface area contributed by atoms with Crippen LogP contribution < -0.4 is 0 Å². The van der Waals surface area contributed by atoms with Crippen molar-refractivity contribution >= 4 is 27.3 Å². The third-order valence-electron chi connectivity index (χ3n) is 4.28. The lowest BCUT2D eigenvalue weighted by atomic mass is 9.94. The molecule has 1 aliphatic rings. The Bertz CT molecular complexity index is 841. The zero-order valence-electron chi connectivity index (χ0n) is 13.5. The van der Waals surface area contributed by atoms with Gasteiger partial charge in [0, 0.05) is 24.7 Å². The van der Waals surface area contributed by atoms with Crippen molar-refractivity contribution in [2.75, 3.05) is 20.2 Å². The van der Waals surface area contributed by atoms with Gasteiger partial charge in [0.1, 0.15) is 9.77 Å². The molecule has 2 aromatic rings. The standard InChI is InChI=1S/C15H19N3O4S2/c1-10-8-16-17-13(10)11-4-3-6-18(9-11)24(20,21)12-5-7-23-14(12)15(19)22-2/h5,7-8,11H,3-4,6,9H2,1-2H3,(H,16,17). The summed E-state index contributed by atoms with van der Waals surface area (Å²) < 4.78 is 32.1.